The molecule has 1 unspecified atom stereocenters. The summed E-state index contributed by atoms with van der Waals surface area (Å²) < 4.78 is 6.83. The molecule has 80 valence electrons. The number of hydrogen-bond donors (Lipinski definition) is 1. The maximum Gasteiger partial charge on any atom is 0.193 e. The molecule has 0 amide bonds. The van der Waals surface area contributed by atoms with Crippen molar-refractivity contribution in [1.82, 2.24) is 9.78 Å². The Labute approximate surface area is 96.6 Å². The van der Waals surface area contributed by atoms with Crippen LogP contribution in [0.15, 0.2) is 22.7 Å². The maximum atomic E-state index is 5.98. The molecular weight excluding hydrogens is 237 g/mol. The van der Waals surface area contributed by atoms with Gasteiger partial charge in [-0.15, -0.1) is 0 Å². The number of nitrogens with zero attached hydrogens (tertiary/aromatic N) is 2. The molecular formula is C9H9Cl2N3O. The van der Waals surface area contributed by atoms with E-state index in [1.54, 1.807) is 30.1 Å². The number of aromatic nitrogens is 2. The largest absolute Gasteiger partial charge is 0.448 e. The molecule has 0 bridgehead atoms. The zero-order valence-corrected chi connectivity index (χ0v) is 9.46. The van der Waals surface area contributed by atoms with Gasteiger partial charge in [-0.05, 0) is 23.7 Å². The Morgan fingerprint density at radius 3 is 2.67 bits per heavy atom. The van der Waals surface area contributed by atoms with Crippen LogP contribution in [0.4, 0.5) is 0 Å². The first kappa shape index (κ1) is 10.5. The SMILES string of the molecule is Cn1ncc(Cl)c1C(N)c1ccc(Cl)o1. The second-order valence-electron chi connectivity index (χ2n) is 3.12. The van der Waals surface area contributed by atoms with Crippen LogP contribution in [-0.4, -0.2) is 9.78 Å². The molecule has 2 rings (SSSR count). The number of furan rings is 1. The third-order valence-corrected chi connectivity index (χ3v) is 2.63. The summed E-state index contributed by atoms with van der Waals surface area (Å²) in [5.41, 5.74) is 6.68. The van der Waals surface area contributed by atoms with Crippen LogP contribution in [0.5, 0.6) is 0 Å². The molecule has 6 heteroatoms. The minimum absolute atomic E-state index is 0.304. The average molecular weight is 246 g/mol. The van der Waals surface area contributed by atoms with Crippen molar-refractivity contribution in [2.45, 2.75) is 6.04 Å². The highest BCUT2D eigenvalue weighted by Crippen LogP contribution is 2.27. The van der Waals surface area contributed by atoms with Crippen LogP contribution in [0.2, 0.25) is 10.2 Å². The zero-order chi connectivity index (χ0) is 11.0. The van der Waals surface area contributed by atoms with Gasteiger partial charge >= 0.3 is 0 Å². The van der Waals surface area contributed by atoms with Crippen LogP contribution < -0.4 is 5.73 Å². The highest BCUT2D eigenvalue weighted by molar-refractivity contribution is 6.31. The first-order valence-electron chi connectivity index (χ1n) is 4.28. The Bertz CT molecular complexity index is 458. The molecule has 0 aliphatic rings. The third-order valence-electron chi connectivity index (χ3n) is 2.13. The molecule has 0 saturated carbocycles. The fourth-order valence-electron chi connectivity index (χ4n) is 1.40. The van der Waals surface area contributed by atoms with Crippen LogP contribution in [-0.2, 0) is 7.05 Å². The van der Waals surface area contributed by atoms with Gasteiger partial charge in [0.25, 0.3) is 0 Å². The Balaban J connectivity index is 2.40. The molecule has 0 saturated heterocycles. The van der Waals surface area contributed by atoms with Crippen molar-refractivity contribution in [1.29, 1.82) is 0 Å². The Kier molecular flexibility index (Phi) is 2.73. The van der Waals surface area contributed by atoms with Gasteiger partial charge in [0.05, 0.1) is 16.9 Å². The summed E-state index contributed by atoms with van der Waals surface area (Å²) in [4.78, 5) is 0. The quantitative estimate of drug-likeness (QED) is 0.884. The average Bonchev–Trinajstić information content (AvgIpc) is 2.73. The second-order valence-corrected chi connectivity index (χ2v) is 3.90. The van der Waals surface area contributed by atoms with Gasteiger partial charge in [-0.3, -0.25) is 4.68 Å². The van der Waals surface area contributed by atoms with E-state index in [9.17, 15) is 0 Å². The number of hydrogen-bond acceptors (Lipinski definition) is 3. The van der Waals surface area contributed by atoms with Crippen molar-refractivity contribution in [3.8, 4) is 0 Å². The minimum Gasteiger partial charge on any atom is -0.448 e. The van der Waals surface area contributed by atoms with Crippen LogP contribution in [0.1, 0.15) is 17.5 Å². The minimum atomic E-state index is -0.461. The zero-order valence-electron chi connectivity index (χ0n) is 7.95. The van der Waals surface area contributed by atoms with Crippen LogP contribution >= 0.6 is 23.2 Å². The molecule has 2 aromatic heterocycles. The van der Waals surface area contributed by atoms with E-state index < -0.39 is 6.04 Å². The van der Waals surface area contributed by atoms with Crippen molar-refractivity contribution in [2.24, 2.45) is 12.8 Å². The molecule has 0 aliphatic heterocycles. The van der Waals surface area contributed by atoms with E-state index in [0.29, 0.717) is 21.7 Å². The van der Waals surface area contributed by atoms with Crippen LogP contribution in [0.25, 0.3) is 0 Å². The molecule has 15 heavy (non-hydrogen) atoms. The lowest BCUT2D eigenvalue weighted by Crippen LogP contribution is -2.15. The topological polar surface area (TPSA) is 57.0 Å². The van der Waals surface area contributed by atoms with Crippen molar-refractivity contribution in [3.05, 3.63) is 40.0 Å². The fraction of sp³-hybridized carbons (Fsp3) is 0.222. The number of halogens is 2. The first-order valence-corrected chi connectivity index (χ1v) is 5.03. The summed E-state index contributed by atoms with van der Waals surface area (Å²) in [6, 6.07) is 2.90. The van der Waals surface area contributed by atoms with Crippen LogP contribution in [0.3, 0.4) is 0 Å². The van der Waals surface area contributed by atoms with Gasteiger partial charge < -0.3 is 10.2 Å². The molecule has 2 aromatic rings. The molecule has 0 spiro atoms. The van der Waals surface area contributed by atoms with Crippen molar-refractivity contribution in [2.75, 3.05) is 0 Å². The van der Waals surface area contributed by atoms with Gasteiger partial charge in [-0.25, -0.2) is 0 Å². The van der Waals surface area contributed by atoms with Crippen molar-refractivity contribution in [3.63, 3.8) is 0 Å². The third kappa shape index (κ3) is 1.88. The summed E-state index contributed by atoms with van der Waals surface area (Å²) >= 11 is 11.6. The normalized spacial score (nSPS) is 13.1. The van der Waals surface area contributed by atoms with E-state index in [-0.39, 0.29) is 0 Å². The standard InChI is InChI=1S/C9H9Cl2N3O/c1-14-9(5(10)4-13-14)8(12)6-2-3-7(11)15-6/h2-4,8H,12H2,1H3. The van der Waals surface area contributed by atoms with Gasteiger partial charge in [-0.2, -0.15) is 5.10 Å². The summed E-state index contributed by atoms with van der Waals surface area (Å²) in [7, 11) is 1.77. The molecule has 2 N–H and O–H groups in total. The predicted molar refractivity (Wildman–Crippen MR) is 58.0 cm³/mol. The lowest BCUT2D eigenvalue weighted by atomic mass is 10.2. The van der Waals surface area contributed by atoms with Crippen molar-refractivity contribution >= 4 is 23.2 Å². The molecule has 0 fully saturated rings. The Morgan fingerprint density at radius 2 is 2.20 bits per heavy atom. The van der Waals surface area contributed by atoms with E-state index in [1.165, 1.54) is 0 Å². The van der Waals surface area contributed by atoms with E-state index in [1.807, 2.05) is 0 Å². The van der Waals surface area contributed by atoms with E-state index in [0.717, 1.165) is 0 Å². The second kappa shape index (κ2) is 3.89. The van der Waals surface area contributed by atoms with E-state index >= 15 is 0 Å². The van der Waals surface area contributed by atoms with Gasteiger partial charge in [0, 0.05) is 7.05 Å². The maximum absolute atomic E-state index is 5.98. The summed E-state index contributed by atoms with van der Waals surface area (Å²) in [5.74, 6) is 0.561. The highest BCUT2D eigenvalue weighted by atomic mass is 35.5. The lowest BCUT2D eigenvalue weighted by Gasteiger charge is -2.09. The predicted octanol–water partition coefficient (Wildman–Crippen LogP) is 2.37. The van der Waals surface area contributed by atoms with Gasteiger partial charge in [0.2, 0.25) is 0 Å². The van der Waals surface area contributed by atoms with Crippen molar-refractivity contribution < 1.29 is 4.42 Å². The Morgan fingerprint density at radius 1 is 1.47 bits per heavy atom. The van der Waals surface area contributed by atoms with Gasteiger partial charge in [0.15, 0.2) is 5.22 Å². The molecule has 0 radical (unpaired) electrons. The number of aryl methyl sites for hydroxylation is 1. The number of nitrogens with two attached hydrogens (primary N) is 1. The summed E-state index contributed by atoms with van der Waals surface area (Å²) in [6.45, 7) is 0. The summed E-state index contributed by atoms with van der Waals surface area (Å²) in [6.07, 6.45) is 1.54. The van der Waals surface area contributed by atoms with E-state index in [4.69, 9.17) is 33.4 Å². The molecule has 2 heterocycles. The molecule has 0 aliphatic carbocycles. The van der Waals surface area contributed by atoms with E-state index in [2.05, 4.69) is 5.10 Å². The fourth-order valence-corrected chi connectivity index (χ4v) is 1.84. The number of rotatable bonds is 2. The molecule has 0 aromatic carbocycles. The van der Waals surface area contributed by atoms with Gasteiger partial charge in [0.1, 0.15) is 11.8 Å². The lowest BCUT2D eigenvalue weighted by molar-refractivity contribution is 0.480. The first-order chi connectivity index (χ1) is 7.09. The smallest absolute Gasteiger partial charge is 0.193 e. The monoisotopic (exact) mass is 245 g/mol. The van der Waals surface area contributed by atoms with Gasteiger partial charge in [-0.1, -0.05) is 11.6 Å². The highest BCUT2D eigenvalue weighted by Gasteiger charge is 2.19. The van der Waals surface area contributed by atoms with Crippen LogP contribution in [0, 0.1) is 0 Å². The Hall–Kier alpha value is -0.970. The molecule has 1 atom stereocenters. The molecule has 4 nitrogen and oxygen atoms in total. The summed E-state index contributed by atoms with van der Waals surface area (Å²) in [5, 5.41) is 4.82.